The second-order valence-electron chi connectivity index (χ2n) is 8.50. The SMILES string of the molecule is O=C(Nc1ccc(Oc2ccccc2)cc1)C1CCN(Cc2nc(-c3ccc(Cl)cc3)no2)CC1. The molecular formula is C27H25ClN4O3. The van der Waals surface area contributed by atoms with Crippen molar-refractivity contribution in [1.82, 2.24) is 15.0 Å². The minimum Gasteiger partial charge on any atom is -0.457 e. The topological polar surface area (TPSA) is 80.5 Å². The average Bonchev–Trinajstić information content (AvgIpc) is 3.35. The van der Waals surface area contributed by atoms with Crippen LogP contribution < -0.4 is 10.1 Å². The third kappa shape index (κ3) is 6.07. The molecule has 0 saturated carbocycles. The van der Waals surface area contributed by atoms with Gasteiger partial charge in [-0.2, -0.15) is 4.98 Å². The molecule has 0 unspecified atom stereocenters. The van der Waals surface area contributed by atoms with E-state index in [4.69, 9.17) is 20.9 Å². The molecule has 2 heterocycles. The highest BCUT2D eigenvalue weighted by molar-refractivity contribution is 6.30. The van der Waals surface area contributed by atoms with E-state index in [1.165, 1.54) is 0 Å². The van der Waals surface area contributed by atoms with E-state index in [1.54, 1.807) is 12.1 Å². The maximum absolute atomic E-state index is 12.8. The second-order valence-corrected chi connectivity index (χ2v) is 8.93. The molecule has 3 aromatic carbocycles. The van der Waals surface area contributed by atoms with Gasteiger partial charge in [0.05, 0.1) is 6.54 Å². The fraction of sp³-hybridized carbons (Fsp3) is 0.222. The van der Waals surface area contributed by atoms with E-state index in [0.717, 1.165) is 48.7 Å². The molecule has 0 atom stereocenters. The summed E-state index contributed by atoms with van der Waals surface area (Å²) in [6.07, 6.45) is 1.55. The van der Waals surface area contributed by atoms with Crippen LogP contribution in [0.15, 0.2) is 83.4 Å². The molecule has 35 heavy (non-hydrogen) atoms. The summed E-state index contributed by atoms with van der Waals surface area (Å²) in [7, 11) is 0. The zero-order valence-corrected chi connectivity index (χ0v) is 19.8. The van der Waals surface area contributed by atoms with E-state index in [-0.39, 0.29) is 11.8 Å². The first kappa shape index (κ1) is 23.1. The lowest BCUT2D eigenvalue weighted by Gasteiger charge is -2.30. The number of likely N-dealkylation sites (tertiary alicyclic amines) is 1. The number of hydrogen-bond acceptors (Lipinski definition) is 6. The van der Waals surface area contributed by atoms with Gasteiger partial charge in [0, 0.05) is 22.2 Å². The molecule has 0 spiro atoms. The van der Waals surface area contributed by atoms with Gasteiger partial charge in [0.25, 0.3) is 0 Å². The summed E-state index contributed by atoms with van der Waals surface area (Å²) in [6.45, 7) is 2.15. The van der Waals surface area contributed by atoms with Crippen LogP contribution in [0.25, 0.3) is 11.4 Å². The molecule has 1 N–H and O–H groups in total. The average molecular weight is 489 g/mol. The van der Waals surface area contributed by atoms with Crippen LogP contribution >= 0.6 is 11.6 Å². The van der Waals surface area contributed by atoms with E-state index in [1.807, 2.05) is 66.7 Å². The van der Waals surface area contributed by atoms with Crippen molar-refractivity contribution in [2.24, 2.45) is 5.92 Å². The predicted octanol–water partition coefficient (Wildman–Crippen LogP) is 6.03. The van der Waals surface area contributed by atoms with E-state index >= 15 is 0 Å². The lowest BCUT2D eigenvalue weighted by molar-refractivity contribution is -0.121. The molecule has 1 amide bonds. The van der Waals surface area contributed by atoms with Crippen LogP contribution in [0.1, 0.15) is 18.7 Å². The first-order valence-electron chi connectivity index (χ1n) is 11.6. The van der Waals surface area contributed by atoms with Crippen LogP contribution in [0.4, 0.5) is 5.69 Å². The number of ether oxygens (including phenoxy) is 1. The molecule has 0 radical (unpaired) electrons. The Morgan fingerprint density at radius 2 is 1.66 bits per heavy atom. The molecule has 5 rings (SSSR count). The zero-order chi connectivity index (χ0) is 24.0. The summed E-state index contributed by atoms with van der Waals surface area (Å²) in [5.41, 5.74) is 1.62. The number of amides is 1. The summed E-state index contributed by atoms with van der Waals surface area (Å²) in [4.78, 5) is 19.5. The minimum atomic E-state index is -0.0289. The van der Waals surface area contributed by atoms with Crippen molar-refractivity contribution >= 4 is 23.2 Å². The lowest BCUT2D eigenvalue weighted by Crippen LogP contribution is -2.37. The normalized spacial score (nSPS) is 14.5. The molecule has 0 bridgehead atoms. The summed E-state index contributed by atoms with van der Waals surface area (Å²) in [5, 5.41) is 7.77. The highest BCUT2D eigenvalue weighted by Crippen LogP contribution is 2.25. The van der Waals surface area contributed by atoms with Gasteiger partial charge < -0.3 is 14.6 Å². The van der Waals surface area contributed by atoms with Crippen molar-refractivity contribution in [1.29, 1.82) is 0 Å². The number of halogens is 1. The van der Waals surface area contributed by atoms with Crippen LogP contribution in [0.2, 0.25) is 5.02 Å². The van der Waals surface area contributed by atoms with E-state index in [9.17, 15) is 4.79 Å². The summed E-state index contributed by atoms with van der Waals surface area (Å²) < 4.78 is 11.2. The third-order valence-corrected chi connectivity index (χ3v) is 6.24. The maximum Gasteiger partial charge on any atom is 0.241 e. The van der Waals surface area contributed by atoms with Crippen LogP contribution in [0.5, 0.6) is 11.5 Å². The Bertz CT molecular complexity index is 1250. The van der Waals surface area contributed by atoms with Gasteiger partial charge in [-0.1, -0.05) is 35.0 Å². The number of carbonyl (C=O) groups excluding carboxylic acids is 1. The smallest absolute Gasteiger partial charge is 0.241 e. The van der Waals surface area contributed by atoms with Gasteiger partial charge in [-0.05, 0) is 86.6 Å². The van der Waals surface area contributed by atoms with Crippen molar-refractivity contribution in [2.45, 2.75) is 19.4 Å². The van der Waals surface area contributed by atoms with Gasteiger partial charge in [-0.25, -0.2) is 0 Å². The molecule has 0 aliphatic carbocycles. The molecule has 1 saturated heterocycles. The van der Waals surface area contributed by atoms with Crippen molar-refractivity contribution in [3.8, 4) is 22.9 Å². The van der Waals surface area contributed by atoms with Crippen molar-refractivity contribution in [2.75, 3.05) is 18.4 Å². The number of piperidine rings is 1. The quantitative estimate of drug-likeness (QED) is 0.342. The Kier molecular flexibility index (Phi) is 7.07. The highest BCUT2D eigenvalue weighted by atomic mass is 35.5. The van der Waals surface area contributed by atoms with Crippen LogP contribution in [0.3, 0.4) is 0 Å². The van der Waals surface area contributed by atoms with Crippen LogP contribution in [-0.4, -0.2) is 34.0 Å². The standard InChI is InChI=1S/C27H25ClN4O3/c28-21-8-6-19(7-9-21)26-30-25(35-31-26)18-32-16-14-20(15-17-32)27(33)29-22-10-12-24(13-11-22)34-23-4-2-1-3-5-23/h1-13,20H,14-18H2,(H,29,33). The van der Waals surface area contributed by atoms with Crippen molar-refractivity contribution in [3.63, 3.8) is 0 Å². The molecule has 1 fully saturated rings. The molecule has 7 nitrogen and oxygen atoms in total. The summed E-state index contributed by atoms with van der Waals surface area (Å²) in [5.74, 6) is 2.63. The molecule has 4 aromatic rings. The maximum atomic E-state index is 12.8. The highest BCUT2D eigenvalue weighted by Gasteiger charge is 2.26. The first-order chi connectivity index (χ1) is 17.1. The first-order valence-corrected chi connectivity index (χ1v) is 11.9. The van der Waals surface area contributed by atoms with Crippen molar-refractivity contribution in [3.05, 3.63) is 89.8 Å². The Morgan fingerprint density at radius 1 is 0.971 bits per heavy atom. The van der Waals surface area contributed by atoms with Gasteiger partial charge in [0.15, 0.2) is 0 Å². The number of rotatable bonds is 7. The molecule has 1 aromatic heterocycles. The Labute approximate surface area is 208 Å². The Balaban J connectivity index is 1.09. The van der Waals surface area contributed by atoms with E-state index in [0.29, 0.717) is 23.3 Å². The minimum absolute atomic E-state index is 0.0289. The zero-order valence-electron chi connectivity index (χ0n) is 19.1. The van der Waals surface area contributed by atoms with Gasteiger partial charge in [-0.15, -0.1) is 0 Å². The fourth-order valence-electron chi connectivity index (χ4n) is 4.06. The van der Waals surface area contributed by atoms with Gasteiger partial charge in [0.2, 0.25) is 17.6 Å². The van der Waals surface area contributed by atoms with Crippen molar-refractivity contribution < 1.29 is 14.1 Å². The predicted molar refractivity (Wildman–Crippen MR) is 134 cm³/mol. The summed E-state index contributed by atoms with van der Waals surface area (Å²) >= 11 is 5.94. The van der Waals surface area contributed by atoms with Gasteiger partial charge in [0.1, 0.15) is 11.5 Å². The molecule has 178 valence electrons. The second kappa shape index (κ2) is 10.7. The number of aromatic nitrogens is 2. The molecule has 8 heteroatoms. The summed E-state index contributed by atoms with van der Waals surface area (Å²) in [6, 6.07) is 24.4. The molecular weight excluding hydrogens is 464 g/mol. The lowest BCUT2D eigenvalue weighted by atomic mass is 9.96. The number of hydrogen-bond donors (Lipinski definition) is 1. The number of nitrogens with one attached hydrogen (secondary N) is 1. The largest absolute Gasteiger partial charge is 0.457 e. The van der Waals surface area contributed by atoms with Crippen LogP contribution in [-0.2, 0) is 11.3 Å². The van der Waals surface area contributed by atoms with E-state index in [2.05, 4.69) is 20.4 Å². The Morgan fingerprint density at radius 3 is 2.37 bits per heavy atom. The number of nitrogens with zero attached hydrogens (tertiary/aromatic N) is 3. The fourth-order valence-corrected chi connectivity index (χ4v) is 4.18. The molecule has 1 aliphatic heterocycles. The van der Waals surface area contributed by atoms with Gasteiger partial charge in [-0.3, -0.25) is 9.69 Å². The Hall–Kier alpha value is -3.68. The number of carbonyl (C=O) groups is 1. The third-order valence-electron chi connectivity index (χ3n) is 5.99. The monoisotopic (exact) mass is 488 g/mol. The number of para-hydroxylation sites is 1. The number of benzene rings is 3. The van der Waals surface area contributed by atoms with E-state index < -0.39 is 0 Å². The molecule has 1 aliphatic rings. The number of anilines is 1. The van der Waals surface area contributed by atoms with Crippen LogP contribution in [0, 0.1) is 5.92 Å². The van der Waals surface area contributed by atoms with Gasteiger partial charge >= 0.3 is 0 Å².